The third kappa shape index (κ3) is 5.04. The van der Waals surface area contributed by atoms with Crippen LogP contribution in [-0.2, 0) is 15.8 Å². The van der Waals surface area contributed by atoms with Crippen molar-refractivity contribution in [3.63, 3.8) is 0 Å². The third-order valence-corrected chi connectivity index (χ3v) is 6.10. The van der Waals surface area contributed by atoms with E-state index in [0.717, 1.165) is 26.2 Å². The lowest BCUT2D eigenvalue weighted by Crippen LogP contribution is -2.47. The monoisotopic (exact) mass is 427 g/mol. The van der Waals surface area contributed by atoms with Gasteiger partial charge in [-0.05, 0) is 29.8 Å². The van der Waals surface area contributed by atoms with Crippen molar-refractivity contribution in [1.82, 2.24) is 9.97 Å². The van der Waals surface area contributed by atoms with Crippen molar-refractivity contribution in [1.29, 1.82) is 0 Å². The second-order valence-corrected chi connectivity index (χ2v) is 8.79. The Kier molecular flexibility index (Phi) is 5.80. The Morgan fingerprint density at radius 3 is 2.23 bits per heavy atom. The maximum Gasteiger partial charge on any atom is 0.237 e. The molecule has 1 N–H and O–H groups in total. The number of hydrogen-bond donors (Lipinski definition) is 1. The minimum Gasteiger partial charge on any atom is -0.368 e. The maximum absolute atomic E-state index is 13.3. The molecule has 1 saturated heterocycles. The Bertz CT molecular complexity index is 1090. The van der Waals surface area contributed by atoms with E-state index in [1.165, 1.54) is 36.3 Å². The molecule has 0 saturated carbocycles. The summed E-state index contributed by atoms with van der Waals surface area (Å²) in [5.41, 5.74) is 1.84. The molecule has 30 heavy (non-hydrogen) atoms. The van der Waals surface area contributed by atoms with Crippen LogP contribution < -0.4 is 14.5 Å². The normalized spacial score (nSPS) is 14.6. The number of nitrogens with zero attached hydrogens (tertiary/aromatic N) is 4. The van der Waals surface area contributed by atoms with Crippen LogP contribution in [0, 0.1) is 5.82 Å². The Hall–Kier alpha value is -3.20. The van der Waals surface area contributed by atoms with Crippen LogP contribution in [0.2, 0.25) is 0 Å². The van der Waals surface area contributed by atoms with Gasteiger partial charge in [-0.15, -0.1) is 0 Å². The van der Waals surface area contributed by atoms with Crippen LogP contribution in [0.5, 0.6) is 0 Å². The highest BCUT2D eigenvalue weighted by Crippen LogP contribution is 2.19. The topological polar surface area (TPSA) is 78.4 Å². The number of rotatable bonds is 6. The van der Waals surface area contributed by atoms with Crippen molar-refractivity contribution >= 4 is 27.3 Å². The van der Waals surface area contributed by atoms with Crippen LogP contribution in [-0.4, -0.2) is 44.6 Å². The van der Waals surface area contributed by atoms with Gasteiger partial charge in [0.15, 0.2) is 0 Å². The van der Waals surface area contributed by atoms with E-state index in [1.807, 2.05) is 18.2 Å². The molecule has 0 unspecified atom stereocenters. The van der Waals surface area contributed by atoms with Crippen LogP contribution in [0.1, 0.15) is 5.56 Å². The molecular weight excluding hydrogens is 405 g/mol. The molecule has 3 aromatic rings. The smallest absolute Gasteiger partial charge is 0.237 e. The van der Waals surface area contributed by atoms with E-state index >= 15 is 0 Å². The predicted molar refractivity (Wildman–Crippen MR) is 116 cm³/mol. The summed E-state index contributed by atoms with van der Waals surface area (Å²) in [6.45, 7) is 3.27. The number of piperazine rings is 1. The van der Waals surface area contributed by atoms with Crippen molar-refractivity contribution in [3.8, 4) is 0 Å². The fraction of sp³-hybridized carbons (Fsp3) is 0.238. The van der Waals surface area contributed by atoms with E-state index < -0.39 is 15.8 Å². The molecule has 0 aliphatic carbocycles. The highest BCUT2D eigenvalue weighted by Gasteiger charge is 2.19. The molecule has 1 aliphatic rings. The number of aromatic nitrogens is 2. The van der Waals surface area contributed by atoms with Gasteiger partial charge in [-0.3, -0.25) is 4.72 Å². The molecule has 2 heterocycles. The zero-order valence-electron chi connectivity index (χ0n) is 16.3. The van der Waals surface area contributed by atoms with E-state index in [4.69, 9.17) is 0 Å². The summed E-state index contributed by atoms with van der Waals surface area (Å²) >= 11 is 0. The summed E-state index contributed by atoms with van der Waals surface area (Å²) in [6.07, 6.45) is 2.91. The Balaban J connectivity index is 1.35. The van der Waals surface area contributed by atoms with Gasteiger partial charge in [-0.2, -0.15) is 0 Å². The van der Waals surface area contributed by atoms with Gasteiger partial charge in [0.05, 0.1) is 23.8 Å². The minimum absolute atomic E-state index is 0.276. The van der Waals surface area contributed by atoms with Crippen molar-refractivity contribution in [2.75, 3.05) is 40.7 Å². The lowest BCUT2D eigenvalue weighted by atomic mass is 10.2. The van der Waals surface area contributed by atoms with E-state index in [9.17, 15) is 12.8 Å². The zero-order chi connectivity index (χ0) is 21.0. The molecule has 0 atom stereocenters. The van der Waals surface area contributed by atoms with E-state index in [2.05, 4.69) is 36.6 Å². The summed E-state index contributed by atoms with van der Waals surface area (Å²) in [5.74, 6) is -0.230. The lowest BCUT2D eigenvalue weighted by Gasteiger charge is -2.36. The summed E-state index contributed by atoms with van der Waals surface area (Å²) in [7, 11) is -3.70. The minimum atomic E-state index is -3.70. The standard InChI is InChI=1S/C21H22FN5O2S/c22-18-6-4-5-17(13-18)16-30(28,29)25-19-14-23-21(24-15-19)27-11-9-26(10-12-27)20-7-2-1-3-8-20/h1-8,13-15,25H,9-12,16H2. The average Bonchev–Trinajstić information content (AvgIpc) is 2.74. The van der Waals surface area contributed by atoms with E-state index in [0.29, 0.717) is 11.5 Å². The van der Waals surface area contributed by atoms with Crippen molar-refractivity contribution in [2.45, 2.75) is 5.75 Å². The van der Waals surface area contributed by atoms with Crippen LogP contribution in [0.15, 0.2) is 67.0 Å². The van der Waals surface area contributed by atoms with Crippen molar-refractivity contribution in [2.24, 2.45) is 0 Å². The molecule has 4 rings (SSSR count). The molecule has 156 valence electrons. The Morgan fingerprint density at radius 2 is 1.57 bits per heavy atom. The van der Waals surface area contributed by atoms with Crippen molar-refractivity contribution in [3.05, 3.63) is 78.4 Å². The van der Waals surface area contributed by atoms with Gasteiger partial charge in [0, 0.05) is 31.9 Å². The van der Waals surface area contributed by atoms with E-state index in [-0.39, 0.29) is 11.4 Å². The first kappa shape index (κ1) is 20.1. The molecule has 0 bridgehead atoms. The lowest BCUT2D eigenvalue weighted by molar-refractivity contribution is 0.599. The van der Waals surface area contributed by atoms with Crippen LogP contribution >= 0.6 is 0 Å². The van der Waals surface area contributed by atoms with E-state index in [1.54, 1.807) is 6.07 Å². The molecule has 0 radical (unpaired) electrons. The molecular formula is C21H22FN5O2S. The summed E-state index contributed by atoms with van der Waals surface area (Å²) in [6, 6.07) is 15.8. The molecule has 7 nitrogen and oxygen atoms in total. The zero-order valence-corrected chi connectivity index (χ0v) is 17.1. The Labute approximate surface area is 175 Å². The average molecular weight is 428 g/mol. The highest BCUT2D eigenvalue weighted by atomic mass is 32.2. The number of benzene rings is 2. The number of para-hydroxylation sites is 1. The van der Waals surface area contributed by atoms with Gasteiger partial charge in [0.2, 0.25) is 16.0 Å². The second-order valence-electron chi connectivity index (χ2n) is 7.07. The Morgan fingerprint density at radius 1 is 0.900 bits per heavy atom. The van der Waals surface area contributed by atoms with Gasteiger partial charge in [0.1, 0.15) is 5.82 Å². The predicted octanol–water partition coefficient (Wildman–Crippen LogP) is 2.88. The van der Waals surface area contributed by atoms with Gasteiger partial charge in [-0.25, -0.2) is 22.8 Å². The van der Waals surface area contributed by atoms with Gasteiger partial charge < -0.3 is 9.80 Å². The van der Waals surface area contributed by atoms with Crippen molar-refractivity contribution < 1.29 is 12.8 Å². The molecule has 1 fully saturated rings. The third-order valence-electron chi connectivity index (χ3n) is 4.84. The van der Waals surface area contributed by atoms with Crippen LogP contribution in [0.4, 0.5) is 21.7 Å². The largest absolute Gasteiger partial charge is 0.368 e. The van der Waals surface area contributed by atoms with Gasteiger partial charge >= 0.3 is 0 Å². The fourth-order valence-corrected chi connectivity index (χ4v) is 4.56. The molecule has 2 aromatic carbocycles. The highest BCUT2D eigenvalue weighted by molar-refractivity contribution is 7.91. The number of anilines is 3. The van der Waals surface area contributed by atoms with Crippen LogP contribution in [0.3, 0.4) is 0 Å². The SMILES string of the molecule is O=S(=O)(Cc1cccc(F)c1)Nc1cnc(N2CCN(c3ccccc3)CC2)nc1. The maximum atomic E-state index is 13.3. The molecule has 1 aromatic heterocycles. The number of halogens is 1. The summed E-state index contributed by atoms with van der Waals surface area (Å²) in [4.78, 5) is 13.0. The van der Waals surface area contributed by atoms with Gasteiger partial charge in [0.25, 0.3) is 0 Å². The first-order chi connectivity index (χ1) is 14.5. The first-order valence-corrected chi connectivity index (χ1v) is 11.3. The molecule has 1 aliphatic heterocycles. The number of hydrogen-bond acceptors (Lipinski definition) is 6. The quantitative estimate of drug-likeness (QED) is 0.652. The number of nitrogens with one attached hydrogen (secondary N) is 1. The summed E-state index contributed by atoms with van der Waals surface area (Å²) in [5, 5.41) is 0. The first-order valence-electron chi connectivity index (χ1n) is 9.60. The van der Waals surface area contributed by atoms with Crippen LogP contribution in [0.25, 0.3) is 0 Å². The van der Waals surface area contributed by atoms with Gasteiger partial charge in [-0.1, -0.05) is 30.3 Å². The second kappa shape index (κ2) is 8.66. The molecule has 9 heteroatoms. The molecule has 0 spiro atoms. The molecule has 0 amide bonds. The fourth-order valence-electron chi connectivity index (χ4n) is 3.40. The summed E-state index contributed by atoms with van der Waals surface area (Å²) < 4.78 is 40.4. The number of sulfonamides is 1.